The van der Waals surface area contributed by atoms with Crippen molar-refractivity contribution in [3.05, 3.63) is 0 Å². The van der Waals surface area contributed by atoms with Crippen LogP contribution in [0.15, 0.2) is 0 Å². The Kier molecular flexibility index (Phi) is 4.64. The van der Waals surface area contributed by atoms with Gasteiger partial charge in [-0.15, -0.1) is 5.48 Å². The molecule has 1 aliphatic carbocycles. The summed E-state index contributed by atoms with van der Waals surface area (Å²) in [5, 5.41) is 0. The van der Waals surface area contributed by atoms with Crippen molar-refractivity contribution in [3.63, 3.8) is 0 Å². The fraction of sp³-hybridized carbons (Fsp3) is 0.917. The fourth-order valence-electron chi connectivity index (χ4n) is 1.88. The Balaban J connectivity index is 2.42. The topological polar surface area (TPSA) is 38.3 Å². The minimum Gasteiger partial charge on any atom is -0.370 e. The second-order valence-electron chi connectivity index (χ2n) is 5.86. The van der Waals surface area contributed by atoms with E-state index in [1.807, 2.05) is 0 Å². The minimum atomic E-state index is -4.16. The summed E-state index contributed by atoms with van der Waals surface area (Å²) in [4.78, 5) is 16.3. The molecular formula is C12H20F3NO2. The first-order valence-electron chi connectivity index (χ1n) is 6.14. The van der Waals surface area contributed by atoms with Crippen molar-refractivity contribution in [3.8, 4) is 0 Å². The van der Waals surface area contributed by atoms with Crippen molar-refractivity contribution in [2.45, 2.75) is 58.7 Å². The molecule has 1 N–H and O–H groups in total. The van der Waals surface area contributed by atoms with Gasteiger partial charge in [-0.3, -0.25) is 0 Å². The highest BCUT2D eigenvalue weighted by Crippen LogP contribution is 2.37. The monoisotopic (exact) mass is 267 g/mol. The van der Waals surface area contributed by atoms with Crippen LogP contribution in [0, 0.1) is 11.3 Å². The highest BCUT2D eigenvalue weighted by atomic mass is 19.4. The van der Waals surface area contributed by atoms with Gasteiger partial charge < -0.3 is 4.84 Å². The molecule has 0 amide bonds. The van der Waals surface area contributed by atoms with Gasteiger partial charge >= 0.3 is 12.1 Å². The molecule has 0 heterocycles. The van der Waals surface area contributed by atoms with Gasteiger partial charge in [-0.1, -0.05) is 6.42 Å². The molecule has 18 heavy (non-hydrogen) atoms. The molecule has 2 atom stereocenters. The molecule has 2 unspecified atom stereocenters. The molecule has 1 aliphatic rings. The number of rotatable bonds is 2. The summed E-state index contributed by atoms with van der Waals surface area (Å²) in [6.07, 6.45) is -2.93. The molecule has 1 saturated carbocycles. The molecule has 0 bridgehead atoms. The Labute approximate surface area is 105 Å². The molecular weight excluding hydrogens is 247 g/mol. The van der Waals surface area contributed by atoms with Gasteiger partial charge in [-0.2, -0.15) is 13.2 Å². The molecule has 0 aromatic rings. The predicted molar refractivity (Wildman–Crippen MR) is 60.5 cm³/mol. The molecule has 1 rings (SSSR count). The van der Waals surface area contributed by atoms with Crippen molar-refractivity contribution < 1.29 is 22.8 Å². The number of hydroxylamine groups is 1. The predicted octanol–water partition coefficient (Wildman–Crippen LogP) is 3.20. The molecule has 0 radical (unpaired) electrons. The molecule has 1 fully saturated rings. The maximum atomic E-state index is 12.6. The van der Waals surface area contributed by atoms with E-state index in [0.29, 0.717) is 12.8 Å². The summed E-state index contributed by atoms with van der Waals surface area (Å²) in [5.74, 6) is -1.76. The number of halogens is 3. The smallest absolute Gasteiger partial charge is 0.370 e. The van der Waals surface area contributed by atoms with Crippen LogP contribution in [0.3, 0.4) is 0 Å². The molecule has 3 nitrogen and oxygen atoms in total. The fourth-order valence-corrected chi connectivity index (χ4v) is 1.88. The Morgan fingerprint density at radius 1 is 1.22 bits per heavy atom. The zero-order chi connectivity index (χ0) is 14.0. The maximum Gasteiger partial charge on any atom is 0.391 e. The number of alkyl halides is 3. The normalized spacial score (nSPS) is 25.9. The van der Waals surface area contributed by atoms with Gasteiger partial charge in [0, 0.05) is 6.04 Å². The van der Waals surface area contributed by atoms with Crippen LogP contribution >= 0.6 is 0 Å². The summed E-state index contributed by atoms with van der Waals surface area (Å²) in [6, 6.07) is -0.406. The quantitative estimate of drug-likeness (QED) is 0.781. The van der Waals surface area contributed by atoms with Crippen LogP contribution in [0.2, 0.25) is 0 Å². The summed E-state index contributed by atoms with van der Waals surface area (Å²) < 4.78 is 37.7. The van der Waals surface area contributed by atoms with Gasteiger partial charge in [0.1, 0.15) is 0 Å². The van der Waals surface area contributed by atoms with E-state index in [0.717, 1.165) is 0 Å². The standard InChI is InChI=1S/C12H20F3NO2/c1-11(2,3)10(17)18-16-9-6-4-5-8(7-9)12(13,14)15/h8-9,16H,4-7H2,1-3H3. The third-order valence-corrected chi connectivity index (χ3v) is 3.07. The molecule has 0 saturated heterocycles. The number of carbonyl (C=O) groups is 1. The SMILES string of the molecule is CC(C)(C)C(=O)ONC1CCCC(C(F)(F)F)C1. The molecule has 106 valence electrons. The van der Waals surface area contributed by atoms with Crippen LogP contribution in [0.4, 0.5) is 13.2 Å². The van der Waals surface area contributed by atoms with Gasteiger partial charge in [0.15, 0.2) is 0 Å². The van der Waals surface area contributed by atoms with Gasteiger partial charge in [-0.05, 0) is 40.0 Å². The molecule has 0 aromatic heterocycles. The first kappa shape index (κ1) is 15.3. The van der Waals surface area contributed by atoms with Crippen molar-refractivity contribution in [1.82, 2.24) is 5.48 Å². The van der Waals surface area contributed by atoms with E-state index in [1.165, 1.54) is 0 Å². The zero-order valence-electron chi connectivity index (χ0n) is 10.9. The van der Waals surface area contributed by atoms with Crippen molar-refractivity contribution in [1.29, 1.82) is 0 Å². The highest BCUT2D eigenvalue weighted by Gasteiger charge is 2.42. The molecule has 0 aliphatic heterocycles. The third kappa shape index (κ3) is 4.48. The molecule has 0 spiro atoms. The number of hydrogen-bond acceptors (Lipinski definition) is 3. The second kappa shape index (κ2) is 5.47. The third-order valence-electron chi connectivity index (χ3n) is 3.07. The van der Waals surface area contributed by atoms with Gasteiger partial charge in [0.25, 0.3) is 0 Å². The number of nitrogens with one attached hydrogen (secondary N) is 1. The van der Waals surface area contributed by atoms with Crippen LogP contribution in [-0.4, -0.2) is 18.2 Å². The van der Waals surface area contributed by atoms with E-state index >= 15 is 0 Å². The van der Waals surface area contributed by atoms with Gasteiger partial charge in [0.05, 0.1) is 11.3 Å². The summed E-state index contributed by atoms with van der Waals surface area (Å²) in [7, 11) is 0. The van der Waals surface area contributed by atoms with E-state index < -0.39 is 29.5 Å². The Bertz CT molecular complexity index is 297. The Morgan fingerprint density at radius 2 is 1.83 bits per heavy atom. The van der Waals surface area contributed by atoms with Crippen LogP contribution in [0.5, 0.6) is 0 Å². The number of hydrogen-bond donors (Lipinski definition) is 1. The average Bonchev–Trinajstić information content (AvgIpc) is 2.23. The lowest BCUT2D eigenvalue weighted by molar-refractivity contribution is -0.188. The maximum absolute atomic E-state index is 12.6. The number of carbonyl (C=O) groups excluding carboxylic acids is 1. The first-order chi connectivity index (χ1) is 8.10. The summed E-state index contributed by atoms with van der Waals surface area (Å²) in [6.45, 7) is 5.07. The molecule has 0 aromatic carbocycles. The van der Waals surface area contributed by atoms with E-state index in [2.05, 4.69) is 5.48 Å². The Hall–Kier alpha value is -0.780. The van der Waals surface area contributed by atoms with Crippen molar-refractivity contribution in [2.24, 2.45) is 11.3 Å². The Morgan fingerprint density at radius 3 is 2.33 bits per heavy atom. The zero-order valence-corrected chi connectivity index (χ0v) is 10.9. The van der Waals surface area contributed by atoms with Crippen LogP contribution in [-0.2, 0) is 9.63 Å². The van der Waals surface area contributed by atoms with Crippen LogP contribution < -0.4 is 5.48 Å². The van der Waals surface area contributed by atoms with E-state index in [4.69, 9.17) is 4.84 Å². The minimum absolute atomic E-state index is 0.0269. The first-order valence-corrected chi connectivity index (χ1v) is 6.14. The lowest BCUT2D eigenvalue weighted by Gasteiger charge is -2.31. The average molecular weight is 267 g/mol. The van der Waals surface area contributed by atoms with E-state index in [1.54, 1.807) is 20.8 Å². The lowest BCUT2D eigenvalue weighted by atomic mass is 9.86. The van der Waals surface area contributed by atoms with Crippen LogP contribution in [0.1, 0.15) is 46.5 Å². The summed E-state index contributed by atoms with van der Waals surface area (Å²) in [5.41, 5.74) is 1.82. The van der Waals surface area contributed by atoms with Crippen molar-refractivity contribution >= 4 is 5.97 Å². The second-order valence-corrected chi connectivity index (χ2v) is 5.86. The van der Waals surface area contributed by atoms with E-state index in [-0.39, 0.29) is 12.8 Å². The highest BCUT2D eigenvalue weighted by molar-refractivity contribution is 5.75. The summed E-state index contributed by atoms with van der Waals surface area (Å²) >= 11 is 0. The van der Waals surface area contributed by atoms with Gasteiger partial charge in [-0.25, -0.2) is 4.79 Å². The molecule has 6 heteroatoms. The van der Waals surface area contributed by atoms with E-state index in [9.17, 15) is 18.0 Å². The van der Waals surface area contributed by atoms with Gasteiger partial charge in [0.2, 0.25) is 0 Å². The lowest BCUT2D eigenvalue weighted by Crippen LogP contribution is -2.41. The largest absolute Gasteiger partial charge is 0.391 e. The van der Waals surface area contributed by atoms with Crippen molar-refractivity contribution in [2.75, 3.05) is 0 Å². The van der Waals surface area contributed by atoms with Crippen LogP contribution in [0.25, 0.3) is 0 Å².